The third-order valence-corrected chi connectivity index (χ3v) is 7.41. The number of para-hydroxylation sites is 1. The maximum absolute atomic E-state index is 13.7. The van der Waals surface area contributed by atoms with Gasteiger partial charge in [0.05, 0.1) is 38.2 Å². The number of amides is 1. The molecule has 0 spiro atoms. The normalized spacial score (nSPS) is 14.4. The van der Waals surface area contributed by atoms with Gasteiger partial charge in [-0.15, -0.1) is 0 Å². The van der Waals surface area contributed by atoms with E-state index in [1.165, 1.54) is 18.2 Å². The average Bonchev–Trinajstić information content (AvgIpc) is 3.32. The van der Waals surface area contributed by atoms with Gasteiger partial charge < -0.3 is 23.7 Å². The molecular weight excluding hydrogens is 492 g/mol. The second-order valence-corrected chi connectivity index (χ2v) is 9.81. The van der Waals surface area contributed by atoms with Gasteiger partial charge in [0.15, 0.2) is 11.5 Å². The van der Waals surface area contributed by atoms with E-state index in [-0.39, 0.29) is 5.91 Å². The molecule has 0 atom stereocenters. The molecule has 2 heterocycles. The van der Waals surface area contributed by atoms with E-state index in [0.29, 0.717) is 41.3 Å². The maximum Gasteiger partial charge on any atom is 0.340 e. The highest BCUT2D eigenvalue weighted by Crippen LogP contribution is 2.34. The fourth-order valence-electron chi connectivity index (χ4n) is 5.37. The first kappa shape index (κ1) is 27.8. The Bertz CT molecular complexity index is 1490. The molecule has 0 radical (unpaired) electrons. The van der Waals surface area contributed by atoms with Gasteiger partial charge in [-0.2, -0.15) is 0 Å². The topological polar surface area (TPSA) is 70.0 Å². The molecule has 39 heavy (non-hydrogen) atoms. The van der Waals surface area contributed by atoms with E-state index >= 15 is 0 Å². The first-order valence-corrected chi connectivity index (χ1v) is 12.9. The lowest BCUT2D eigenvalue weighted by atomic mass is 10.0. The van der Waals surface area contributed by atoms with Crippen molar-refractivity contribution >= 4 is 18.0 Å². The van der Waals surface area contributed by atoms with Gasteiger partial charge in [-0.25, -0.2) is 4.79 Å². The first-order chi connectivity index (χ1) is 18.6. The second-order valence-electron chi connectivity index (χ2n) is 9.81. The van der Waals surface area contributed by atoms with Crippen molar-refractivity contribution in [1.82, 2.24) is 9.47 Å². The molecule has 0 saturated heterocycles. The largest absolute Gasteiger partial charge is 0.493 e. The number of benzene rings is 2. The summed E-state index contributed by atoms with van der Waals surface area (Å²) >= 11 is 0. The van der Waals surface area contributed by atoms with Gasteiger partial charge in [0.1, 0.15) is 0 Å². The summed E-state index contributed by atoms with van der Waals surface area (Å²) in [5.41, 5.74) is 8.61. The van der Waals surface area contributed by atoms with E-state index < -0.39 is 5.97 Å². The Morgan fingerprint density at radius 3 is 2.18 bits per heavy atom. The molecule has 4 rings (SSSR count). The number of aromatic nitrogens is 1. The number of nitrogens with zero attached hydrogens (tertiary/aromatic N) is 2. The predicted octanol–water partition coefficient (Wildman–Crippen LogP) is 5.64. The van der Waals surface area contributed by atoms with E-state index in [9.17, 15) is 9.59 Å². The zero-order valence-electron chi connectivity index (χ0n) is 24.0. The molecule has 0 saturated carbocycles. The highest BCUT2D eigenvalue weighted by atomic mass is 16.5. The van der Waals surface area contributed by atoms with Gasteiger partial charge in [0.2, 0.25) is 0 Å². The zero-order valence-corrected chi connectivity index (χ0v) is 24.0. The van der Waals surface area contributed by atoms with Crippen LogP contribution in [-0.2, 0) is 20.7 Å². The molecule has 2 aromatic carbocycles. The highest BCUT2D eigenvalue weighted by molar-refractivity contribution is 6.16. The van der Waals surface area contributed by atoms with Crippen LogP contribution in [0.1, 0.15) is 40.6 Å². The van der Waals surface area contributed by atoms with Crippen LogP contribution in [0, 0.1) is 27.7 Å². The average molecular weight is 529 g/mol. The lowest BCUT2D eigenvalue weighted by molar-refractivity contribution is -0.136. The summed E-state index contributed by atoms with van der Waals surface area (Å²) < 4.78 is 18.1. The third kappa shape index (κ3) is 5.09. The van der Waals surface area contributed by atoms with Crippen LogP contribution in [0.4, 0.5) is 0 Å². The summed E-state index contributed by atoms with van der Waals surface area (Å²) in [6.07, 6.45) is 2.40. The Kier molecular flexibility index (Phi) is 8.00. The number of methoxy groups -OCH3 is 3. The number of carbonyl (C=O) groups excluding carboxylic acids is 2. The van der Waals surface area contributed by atoms with Crippen LogP contribution in [0.2, 0.25) is 0 Å². The van der Waals surface area contributed by atoms with Gasteiger partial charge >= 0.3 is 5.97 Å². The Morgan fingerprint density at radius 1 is 0.897 bits per heavy atom. The molecule has 0 fully saturated rings. The third-order valence-electron chi connectivity index (χ3n) is 7.41. The minimum atomic E-state index is -0.524. The van der Waals surface area contributed by atoms with Crippen LogP contribution >= 0.6 is 0 Å². The van der Waals surface area contributed by atoms with Crippen molar-refractivity contribution in [3.8, 4) is 17.2 Å². The Labute approximate surface area is 230 Å². The Hall–Kier alpha value is -4.26. The molecule has 7 heteroatoms. The van der Waals surface area contributed by atoms with Crippen molar-refractivity contribution in [3.63, 3.8) is 0 Å². The lowest BCUT2D eigenvalue weighted by Gasteiger charge is -2.18. The molecule has 1 aromatic heterocycles. The van der Waals surface area contributed by atoms with Crippen molar-refractivity contribution in [2.24, 2.45) is 0 Å². The minimum Gasteiger partial charge on any atom is -0.493 e. The van der Waals surface area contributed by atoms with E-state index in [4.69, 9.17) is 14.2 Å². The molecule has 3 aromatic rings. The van der Waals surface area contributed by atoms with Crippen molar-refractivity contribution in [3.05, 3.63) is 92.9 Å². The fraction of sp³-hybridized carbons (Fsp3) is 0.312. The summed E-state index contributed by atoms with van der Waals surface area (Å²) in [7, 11) is 4.52. The van der Waals surface area contributed by atoms with Gasteiger partial charge in [-0.3, -0.25) is 4.79 Å². The van der Waals surface area contributed by atoms with E-state index in [1.54, 1.807) is 26.0 Å². The number of hydrogen-bond donors (Lipinski definition) is 0. The second kappa shape index (κ2) is 11.2. The Morgan fingerprint density at radius 2 is 1.56 bits per heavy atom. The molecule has 0 N–H and O–H groups in total. The number of carbonyl (C=O) groups is 2. The van der Waals surface area contributed by atoms with Crippen LogP contribution in [0.25, 0.3) is 11.8 Å². The van der Waals surface area contributed by atoms with Crippen LogP contribution in [0.3, 0.4) is 0 Å². The molecule has 0 bridgehead atoms. The maximum atomic E-state index is 13.7. The number of esters is 1. The standard InChI is InChI=1S/C32H36N2O5/c1-19-10-9-11-20(2)30(19)34-21(3)16-25(22(34)4)18-26-29(32(36)39-8)23(5)33(31(26)35)15-14-24-12-13-27(37-6)28(17-24)38-7/h9-13,16-18H,14-15H2,1-8H3/b26-18-. The summed E-state index contributed by atoms with van der Waals surface area (Å²) in [4.78, 5) is 28.3. The van der Waals surface area contributed by atoms with Gasteiger partial charge in [0.25, 0.3) is 5.91 Å². The molecule has 0 aliphatic carbocycles. The first-order valence-electron chi connectivity index (χ1n) is 12.9. The molecule has 0 unspecified atom stereocenters. The molecule has 1 aliphatic heterocycles. The number of rotatable bonds is 8. The lowest BCUT2D eigenvalue weighted by Crippen LogP contribution is -2.27. The quantitative estimate of drug-likeness (QED) is 0.279. The monoisotopic (exact) mass is 528 g/mol. The number of hydrogen-bond acceptors (Lipinski definition) is 5. The smallest absolute Gasteiger partial charge is 0.340 e. The Balaban J connectivity index is 1.71. The molecule has 7 nitrogen and oxygen atoms in total. The van der Waals surface area contributed by atoms with Crippen molar-refractivity contribution in [2.75, 3.05) is 27.9 Å². The number of aryl methyl sites for hydroxylation is 3. The van der Waals surface area contributed by atoms with Crippen LogP contribution in [-0.4, -0.2) is 49.2 Å². The van der Waals surface area contributed by atoms with Crippen LogP contribution < -0.4 is 9.47 Å². The fourth-order valence-corrected chi connectivity index (χ4v) is 5.37. The van der Waals surface area contributed by atoms with Crippen LogP contribution in [0.5, 0.6) is 11.5 Å². The summed E-state index contributed by atoms with van der Waals surface area (Å²) in [6.45, 7) is 10.5. The van der Waals surface area contributed by atoms with Gasteiger partial charge in [0, 0.05) is 23.6 Å². The van der Waals surface area contributed by atoms with Gasteiger partial charge in [-0.1, -0.05) is 24.3 Å². The number of allylic oxidation sites excluding steroid dienone is 1. The van der Waals surface area contributed by atoms with Crippen LogP contribution in [0.15, 0.2) is 59.3 Å². The summed E-state index contributed by atoms with van der Waals surface area (Å²) in [5, 5.41) is 0. The van der Waals surface area contributed by atoms with Crippen molar-refractivity contribution in [2.45, 2.75) is 41.0 Å². The highest BCUT2D eigenvalue weighted by Gasteiger charge is 2.37. The zero-order chi connectivity index (χ0) is 28.4. The van der Waals surface area contributed by atoms with E-state index in [2.05, 4.69) is 49.6 Å². The molecule has 204 valence electrons. The molecular formula is C32H36N2O5. The van der Waals surface area contributed by atoms with Gasteiger partial charge in [-0.05, 0) is 87.6 Å². The predicted molar refractivity (Wildman–Crippen MR) is 152 cm³/mol. The summed E-state index contributed by atoms with van der Waals surface area (Å²) in [5.74, 6) is 0.533. The number of ether oxygens (including phenoxy) is 3. The van der Waals surface area contributed by atoms with Crippen molar-refractivity contribution in [1.29, 1.82) is 0 Å². The SMILES string of the molecule is COC(=O)C1=C(C)N(CCc2ccc(OC)c(OC)c2)C(=O)/C1=C\c1cc(C)n(-c2c(C)cccc2C)c1C. The summed E-state index contributed by atoms with van der Waals surface area (Å²) in [6, 6.07) is 14.0. The minimum absolute atomic E-state index is 0.217. The van der Waals surface area contributed by atoms with E-state index in [1.807, 2.05) is 31.2 Å². The molecule has 1 amide bonds. The van der Waals surface area contributed by atoms with Crippen molar-refractivity contribution < 1.29 is 23.8 Å². The van der Waals surface area contributed by atoms with E-state index in [0.717, 1.165) is 28.2 Å². The molecule has 1 aliphatic rings.